The molecule has 0 fully saturated rings. The number of amides is 1. The minimum absolute atomic E-state index is 0. The van der Waals surface area contributed by atoms with Crippen LogP contribution in [0.1, 0.15) is 27.0 Å². The summed E-state index contributed by atoms with van der Waals surface area (Å²) in [6, 6.07) is 13.0. The van der Waals surface area contributed by atoms with Gasteiger partial charge in [-0.25, -0.2) is 4.98 Å². The molecule has 0 unspecified atom stereocenters. The second kappa shape index (κ2) is 9.16. The van der Waals surface area contributed by atoms with E-state index in [1.54, 1.807) is 29.2 Å². The highest BCUT2D eigenvalue weighted by atomic mass is 35.5. The first-order valence-electron chi connectivity index (χ1n) is 8.74. The third-order valence-corrected chi connectivity index (χ3v) is 5.62. The van der Waals surface area contributed by atoms with E-state index in [9.17, 15) is 4.79 Å². The van der Waals surface area contributed by atoms with Gasteiger partial charge in [-0.15, -0.1) is 12.4 Å². The number of halogens is 1. The SMILES string of the molecule is Cc1ccc2sc(N(CCN(C)C)C(=O)c3ccc(C#N)cc3)nc2c1C.Cl. The number of nitriles is 1. The van der Waals surface area contributed by atoms with Crippen LogP contribution in [0.5, 0.6) is 0 Å². The highest BCUT2D eigenvalue weighted by Gasteiger charge is 2.22. The Kier molecular flexibility index (Phi) is 7.14. The monoisotopic (exact) mass is 414 g/mol. The lowest BCUT2D eigenvalue weighted by molar-refractivity contribution is 0.0985. The van der Waals surface area contributed by atoms with Crippen molar-refractivity contribution in [2.75, 3.05) is 32.1 Å². The van der Waals surface area contributed by atoms with Gasteiger partial charge in [0, 0.05) is 18.7 Å². The van der Waals surface area contributed by atoms with Crippen LogP contribution in [-0.4, -0.2) is 43.0 Å². The van der Waals surface area contributed by atoms with Gasteiger partial charge in [-0.3, -0.25) is 9.69 Å². The molecular weight excluding hydrogens is 392 g/mol. The van der Waals surface area contributed by atoms with Gasteiger partial charge in [-0.05, 0) is 69.4 Å². The Morgan fingerprint density at radius 3 is 2.39 bits per heavy atom. The molecule has 0 radical (unpaired) electrons. The number of aryl methyl sites for hydroxylation is 2. The molecule has 0 spiro atoms. The third kappa shape index (κ3) is 4.50. The van der Waals surface area contributed by atoms with Crippen LogP contribution in [-0.2, 0) is 0 Å². The zero-order chi connectivity index (χ0) is 19.6. The zero-order valence-corrected chi connectivity index (χ0v) is 18.0. The van der Waals surface area contributed by atoms with Crippen LogP contribution < -0.4 is 4.90 Å². The maximum Gasteiger partial charge on any atom is 0.260 e. The number of aromatic nitrogens is 1. The summed E-state index contributed by atoms with van der Waals surface area (Å²) in [6.07, 6.45) is 0. The predicted octanol–water partition coefficient (Wildman–Crippen LogP) is 4.42. The molecule has 3 aromatic rings. The van der Waals surface area contributed by atoms with E-state index in [0.717, 1.165) is 22.3 Å². The summed E-state index contributed by atoms with van der Waals surface area (Å²) < 4.78 is 1.08. The van der Waals surface area contributed by atoms with Crippen LogP contribution in [0.3, 0.4) is 0 Å². The van der Waals surface area contributed by atoms with E-state index in [1.165, 1.54) is 16.9 Å². The smallest absolute Gasteiger partial charge is 0.260 e. The normalized spacial score (nSPS) is 10.6. The molecule has 146 valence electrons. The molecule has 2 aromatic carbocycles. The van der Waals surface area contributed by atoms with Crippen LogP contribution in [0, 0.1) is 25.2 Å². The number of rotatable bonds is 5. The Morgan fingerprint density at radius 2 is 1.79 bits per heavy atom. The van der Waals surface area contributed by atoms with Crippen molar-refractivity contribution in [3.8, 4) is 6.07 Å². The maximum absolute atomic E-state index is 13.2. The largest absolute Gasteiger partial charge is 0.308 e. The second-order valence-electron chi connectivity index (χ2n) is 6.80. The number of likely N-dealkylation sites (N-methyl/N-ethyl adjacent to an activating group) is 1. The van der Waals surface area contributed by atoms with E-state index in [-0.39, 0.29) is 18.3 Å². The van der Waals surface area contributed by atoms with Gasteiger partial charge < -0.3 is 4.90 Å². The van der Waals surface area contributed by atoms with Gasteiger partial charge in [-0.2, -0.15) is 5.26 Å². The van der Waals surface area contributed by atoms with Gasteiger partial charge in [0.25, 0.3) is 5.91 Å². The van der Waals surface area contributed by atoms with Crippen LogP contribution in [0.4, 0.5) is 5.13 Å². The molecule has 0 aliphatic heterocycles. The van der Waals surface area contributed by atoms with E-state index in [1.807, 2.05) is 19.0 Å². The number of carbonyl (C=O) groups is 1. The van der Waals surface area contributed by atoms with Gasteiger partial charge in [0.15, 0.2) is 5.13 Å². The van der Waals surface area contributed by atoms with E-state index >= 15 is 0 Å². The first-order chi connectivity index (χ1) is 12.9. The first kappa shape index (κ1) is 21.8. The Morgan fingerprint density at radius 1 is 1.11 bits per heavy atom. The molecule has 1 aromatic heterocycles. The van der Waals surface area contributed by atoms with Gasteiger partial charge in [-0.1, -0.05) is 17.4 Å². The molecule has 5 nitrogen and oxygen atoms in total. The minimum atomic E-state index is -0.102. The molecule has 0 aliphatic rings. The molecule has 3 rings (SSSR count). The van der Waals surface area contributed by atoms with Gasteiger partial charge >= 0.3 is 0 Å². The highest BCUT2D eigenvalue weighted by Crippen LogP contribution is 2.32. The van der Waals surface area contributed by atoms with Crippen LogP contribution >= 0.6 is 23.7 Å². The Hall–Kier alpha value is -2.46. The van der Waals surface area contributed by atoms with Crippen molar-refractivity contribution in [2.45, 2.75) is 13.8 Å². The molecular formula is C21H23ClN4OS. The summed E-state index contributed by atoms with van der Waals surface area (Å²) >= 11 is 1.53. The molecule has 0 saturated heterocycles. The average molecular weight is 415 g/mol. The molecule has 0 bridgehead atoms. The lowest BCUT2D eigenvalue weighted by atomic mass is 10.1. The number of fused-ring (bicyclic) bond motifs is 1. The molecule has 7 heteroatoms. The van der Waals surface area contributed by atoms with Crippen molar-refractivity contribution in [3.63, 3.8) is 0 Å². The van der Waals surface area contributed by atoms with E-state index in [2.05, 4.69) is 32.0 Å². The molecule has 28 heavy (non-hydrogen) atoms. The number of thiazole rings is 1. The predicted molar refractivity (Wildman–Crippen MR) is 118 cm³/mol. The van der Waals surface area contributed by atoms with Crippen molar-refractivity contribution < 1.29 is 4.79 Å². The molecule has 0 aliphatic carbocycles. The van der Waals surface area contributed by atoms with E-state index < -0.39 is 0 Å². The van der Waals surface area contributed by atoms with Crippen LogP contribution in [0.2, 0.25) is 0 Å². The van der Waals surface area contributed by atoms with E-state index in [0.29, 0.717) is 22.8 Å². The van der Waals surface area contributed by atoms with Crippen LogP contribution in [0.15, 0.2) is 36.4 Å². The van der Waals surface area contributed by atoms with Crippen molar-refractivity contribution >= 4 is 45.0 Å². The van der Waals surface area contributed by atoms with Crippen molar-refractivity contribution in [2.24, 2.45) is 0 Å². The summed E-state index contributed by atoms with van der Waals surface area (Å²) in [5, 5.41) is 9.67. The van der Waals surface area contributed by atoms with Crippen molar-refractivity contribution in [1.82, 2.24) is 9.88 Å². The standard InChI is InChI=1S/C21H22N4OS.ClH/c1-14-5-10-18-19(15(14)2)23-21(27-18)25(12-11-24(3)4)20(26)17-8-6-16(13-22)7-9-17;/h5-10H,11-12H2,1-4H3;1H. The lowest BCUT2D eigenvalue weighted by Crippen LogP contribution is -2.36. The number of benzene rings is 2. The van der Waals surface area contributed by atoms with Gasteiger partial charge in [0.1, 0.15) is 0 Å². The fraction of sp³-hybridized carbons (Fsp3) is 0.286. The lowest BCUT2D eigenvalue weighted by Gasteiger charge is -2.22. The summed E-state index contributed by atoms with van der Waals surface area (Å²) in [5.74, 6) is -0.102. The van der Waals surface area contributed by atoms with E-state index in [4.69, 9.17) is 10.2 Å². The van der Waals surface area contributed by atoms with Crippen LogP contribution in [0.25, 0.3) is 10.2 Å². The quantitative estimate of drug-likeness (QED) is 0.620. The number of carbonyl (C=O) groups excluding carboxylic acids is 1. The average Bonchev–Trinajstić information content (AvgIpc) is 3.09. The maximum atomic E-state index is 13.2. The number of anilines is 1. The topological polar surface area (TPSA) is 60.2 Å². The number of nitrogens with zero attached hydrogens (tertiary/aromatic N) is 4. The highest BCUT2D eigenvalue weighted by molar-refractivity contribution is 7.22. The summed E-state index contributed by atoms with van der Waals surface area (Å²) in [6.45, 7) is 5.41. The molecule has 0 saturated carbocycles. The fourth-order valence-corrected chi connectivity index (χ4v) is 3.81. The summed E-state index contributed by atoms with van der Waals surface area (Å²) in [7, 11) is 3.96. The first-order valence-corrected chi connectivity index (χ1v) is 9.56. The Labute approximate surface area is 175 Å². The van der Waals surface area contributed by atoms with Gasteiger partial charge in [0.05, 0.1) is 21.8 Å². The minimum Gasteiger partial charge on any atom is -0.308 e. The van der Waals surface area contributed by atoms with Crippen molar-refractivity contribution in [3.05, 3.63) is 58.7 Å². The number of hydrogen-bond donors (Lipinski definition) is 0. The summed E-state index contributed by atoms with van der Waals surface area (Å²) in [4.78, 5) is 21.7. The van der Waals surface area contributed by atoms with Crippen molar-refractivity contribution in [1.29, 1.82) is 5.26 Å². The Bertz CT molecular complexity index is 1020. The van der Waals surface area contributed by atoms with Gasteiger partial charge in [0.2, 0.25) is 0 Å². The third-order valence-electron chi connectivity index (χ3n) is 4.58. The molecule has 1 heterocycles. The summed E-state index contributed by atoms with van der Waals surface area (Å²) in [5.41, 5.74) is 4.39. The molecule has 0 N–H and O–H groups in total. The fourth-order valence-electron chi connectivity index (χ4n) is 2.76. The Balaban J connectivity index is 0.00000280. The number of hydrogen-bond acceptors (Lipinski definition) is 5. The molecule has 0 atom stereocenters. The molecule has 1 amide bonds. The second-order valence-corrected chi connectivity index (χ2v) is 7.81. The zero-order valence-electron chi connectivity index (χ0n) is 16.4.